The Labute approximate surface area is 208 Å². The summed E-state index contributed by atoms with van der Waals surface area (Å²) in [6.45, 7) is 13.5. The van der Waals surface area contributed by atoms with Gasteiger partial charge in [0.15, 0.2) is 0 Å². The van der Waals surface area contributed by atoms with Gasteiger partial charge in [0.05, 0.1) is 0 Å². The Balaban J connectivity index is 0.00000117. The van der Waals surface area contributed by atoms with Crippen molar-refractivity contribution in [2.45, 2.75) is 49.8 Å². The van der Waals surface area contributed by atoms with E-state index in [1.807, 2.05) is 17.1 Å². The molecule has 0 bridgehead atoms. The average molecular weight is 553 g/mol. The molecule has 3 unspecified atom stereocenters. The van der Waals surface area contributed by atoms with Crippen molar-refractivity contribution in [1.29, 1.82) is 0 Å². The van der Waals surface area contributed by atoms with Gasteiger partial charge in [0, 0.05) is 0 Å². The van der Waals surface area contributed by atoms with E-state index in [-0.39, 0.29) is 24.8 Å². The van der Waals surface area contributed by atoms with Gasteiger partial charge in [-0.1, -0.05) is 13.8 Å². The van der Waals surface area contributed by atoms with E-state index in [0.29, 0.717) is 9.54 Å². The van der Waals surface area contributed by atoms with Gasteiger partial charge in [-0.15, -0.1) is 24.8 Å². The predicted molar refractivity (Wildman–Crippen MR) is 146 cm³/mol. The zero-order valence-corrected chi connectivity index (χ0v) is 26.3. The number of allylic oxidation sites excluding steroid dienone is 5. The number of rotatable bonds is 3. The summed E-state index contributed by atoms with van der Waals surface area (Å²) in [6, 6.07) is 17.9. The smallest absolute Gasteiger partial charge is 0.147 e. The standard InChI is InChI=1S/C16H13.C8H11.C2H6.CH3.2ClH.H3Si.Zr/c1-12-10-14-8-5-9-15(16(14)11-12)13-6-3-2-4-7-13;1-6-4-7(2)8(3)5-6;1-2;;;;;/h2-11H,1H3;4,6H,1-3H3;1-2H3;1H3;2*1H;1H3;. The van der Waals surface area contributed by atoms with Crippen molar-refractivity contribution in [2.75, 3.05) is 0 Å². The SMILES string of the molecule is CC.CC1=CC(C)[C]([Zr]([CH3])([SiH3])[CH]2C(C)=Cc3c(-c4ccccc4)cccc32)=C1C.Cl.Cl. The third-order valence-corrected chi connectivity index (χ3v) is 24.2. The molecule has 0 heterocycles. The van der Waals surface area contributed by atoms with Crippen LogP contribution >= 0.6 is 24.8 Å². The van der Waals surface area contributed by atoms with Crippen molar-refractivity contribution in [2.24, 2.45) is 5.92 Å². The Hall–Kier alpha value is -0.660. The third kappa shape index (κ3) is 5.14. The molecule has 31 heavy (non-hydrogen) atoms. The molecule has 2 aromatic rings. The Morgan fingerprint density at radius 3 is 2.03 bits per heavy atom. The van der Waals surface area contributed by atoms with Crippen LogP contribution in [-0.4, -0.2) is 7.37 Å². The fraction of sp³-hybridized carbons (Fsp3) is 0.333. The molecule has 2 aromatic carbocycles. The van der Waals surface area contributed by atoms with Gasteiger partial charge in [0.25, 0.3) is 0 Å². The average Bonchev–Trinajstić information content (AvgIpc) is 3.19. The van der Waals surface area contributed by atoms with Gasteiger partial charge in [-0.2, -0.15) is 0 Å². The van der Waals surface area contributed by atoms with E-state index in [0.717, 1.165) is 0 Å². The molecule has 0 amide bonds. The van der Waals surface area contributed by atoms with Crippen molar-refractivity contribution in [1.82, 2.24) is 0 Å². The second-order valence-corrected chi connectivity index (χ2v) is 32.4. The normalized spacial score (nSPS) is 21.0. The second-order valence-electron chi connectivity index (χ2n) is 8.89. The van der Waals surface area contributed by atoms with Gasteiger partial charge in [0.2, 0.25) is 0 Å². The van der Waals surface area contributed by atoms with Crippen LogP contribution in [0.4, 0.5) is 0 Å². The summed E-state index contributed by atoms with van der Waals surface area (Å²) in [5.41, 5.74) is 10.6. The van der Waals surface area contributed by atoms with Crippen molar-refractivity contribution >= 4 is 38.3 Å². The molecule has 0 radical (unpaired) electrons. The molecule has 0 nitrogen and oxygen atoms in total. The molecule has 2 aliphatic rings. The number of fused-ring (bicyclic) bond motifs is 1. The molecular formula is C27H38Cl2SiZr. The van der Waals surface area contributed by atoms with Crippen LogP contribution in [0.3, 0.4) is 0 Å². The van der Waals surface area contributed by atoms with E-state index < -0.39 is 19.4 Å². The van der Waals surface area contributed by atoms with Gasteiger partial charge in [-0.25, -0.2) is 0 Å². The summed E-state index contributed by atoms with van der Waals surface area (Å²) in [5, 5.41) is 0. The molecule has 4 rings (SSSR count). The maximum absolute atomic E-state index is 2.72. The summed E-state index contributed by atoms with van der Waals surface area (Å²) in [5.74, 6) is 0.650. The first kappa shape index (κ1) is 28.4. The molecule has 0 aromatic heterocycles. The zero-order chi connectivity index (χ0) is 21.3. The maximum Gasteiger partial charge on any atom is -0.147 e. The van der Waals surface area contributed by atoms with Crippen LogP contribution in [0.5, 0.6) is 0 Å². The predicted octanol–water partition coefficient (Wildman–Crippen LogP) is 8.03. The van der Waals surface area contributed by atoms with Crippen molar-refractivity contribution < 1.29 is 19.4 Å². The minimum absolute atomic E-state index is 0. The van der Waals surface area contributed by atoms with E-state index in [9.17, 15) is 0 Å². The van der Waals surface area contributed by atoms with Gasteiger partial charge in [-0.05, 0) is 0 Å². The van der Waals surface area contributed by atoms with Crippen LogP contribution in [0, 0.1) is 5.92 Å². The van der Waals surface area contributed by atoms with Crippen molar-refractivity contribution in [3.63, 3.8) is 0 Å². The molecule has 0 saturated carbocycles. The molecule has 4 heteroatoms. The van der Waals surface area contributed by atoms with E-state index in [1.165, 1.54) is 29.6 Å². The van der Waals surface area contributed by atoms with Crippen LogP contribution in [0.1, 0.15) is 56.3 Å². The van der Waals surface area contributed by atoms with E-state index in [1.54, 1.807) is 16.7 Å². The minimum atomic E-state index is -2.46. The summed E-state index contributed by atoms with van der Waals surface area (Å²) in [4.78, 5) is 0. The van der Waals surface area contributed by atoms with E-state index >= 15 is 0 Å². The first-order valence-electron chi connectivity index (χ1n) is 11.1. The molecule has 0 saturated heterocycles. The molecule has 0 fully saturated rings. The molecule has 168 valence electrons. The minimum Gasteiger partial charge on any atom is -0.147 e. The first-order chi connectivity index (χ1) is 13.8. The molecule has 0 spiro atoms. The van der Waals surface area contributed by atoms with Crippen molar-refractivity contribution in [3.05, 3.63) is 85.7 Å². The number of hydrogen-bond acceptors (Lipinski definition) is 0. The van der Waals surface area contributed by atoms with Crippen LogP contribution in [0.15, 0.2) is 74.6 Å². The number of hydrogen-bond donors (Lipinski definition) is 0. The topological polar surface area (TPSA) is 0 Å². The van der Waals surface area contributed by atoms with E-state index in [4.69, 9.17) is 0 Å². The van der Waals surface area contributed by atoms with Gasteiger partial charge < -0.3 is 0 Å². The molecular weight excluding hydrogens is 515 g/mol. The monoisotopic (exact) mass is 550 g/mol. The van der Waals surface area contributed by atoms with Crippen LogP contribution in [0.25, 0.3) is 17.2 Å². The van der Waals surface area contributed by atoms with Gasteiger partial charge in [-0.3, -0.25) is 0 Å². The van der Waals surface area contributed by atoms with Crippen molar-refractivity contribution in [3.8, 4) is 11.1 Å². The van der Waals surface area contributed by atoms with Gasteiger partial charge in [0.1, 0.15) is 0 Å². The number of halogens is 2. The molecule has 0 N–H and O–H groups in total. The quantitative estimate of drug-likeness (QED) is 0.338. The van der Waals surface area contributed by atoms with Crippen LogP contribution in [-0.2, 0) is 19.4 Å². The third-order valence-electron chi connectivity index (χ3n) is 6.73. The Morgan fingerprint density at radius 1 is 0.871 bits per heavy atom. The van der Waals surface area contributed by atoms with E-state index in [2.05, 4.69) is 93.0 Å². The zero-order valence-electron chi connectivity index (χ0n) is 20.2. The van der Waals surface area contributed by atoms with Gasteiger partial charge >= 0.3 is 172 Å². The molecule has 2 aliphatic carbocycles. The summed E-state index contributed by atoms with van der Waals surface area (Å²) in [7, 11) is 1.35. The second kappa shape index (κ2) is 11.5. The fourth-order valence-corrected chi connectivity index (χ4v) is 27.4. The number of benzene rings is 2. The Bertz CT molecular complexity index is 1000. The molecule has 3 atom stereocenters. The molecule has 0 aliphatic heterocycles. The summed E-state index contributed by atoms with van der Waals surface area (Å²) >= 11 is -2.46. The summed E-state index contributed by atoms with van der Waals surface area (Å²) in [6.07, 6.45) is 5.01. The van der Waals surface area contributed by atoms with Crippen LogP contribution < -0.4 is 0 Å². The fourth-order valence-electron chi connectivity index (χ4n) is 5.74. The summed E-state index contributed by atoms with van der Waals surface area (Å²) < 4.78 is 5.30. The first-order valence-corrected chi connectivity index (χ1v) is 24.6. The Kier molecular flexibility index (Phi) is 10.5. The Morgan fingerprint density at radius 2 is 1.48 bits per heavy atom. The maximum atomic E-state index is 2.72. The van der Waals surface area contributed by atoms with Crippen LogP contribution in [0.2, 0.25) is 4.63 Å². The largest absolute Gasteiger partial charge is 0.147 e.